The third-order valence-corrected chi connectivity index (χ3v) is 5.61. The zero-order chi connectivity index (χ0) is 23.2. The first kappa shape index (κ1) is 22.3. The Kier molecular flexibility index (Phi) is 6.83. The number of aromatic nitrogens is 1. The van der Waals surface area contributed by atoms with E-state index < -0.39 is 6.04 Å². The van der Waals surface area contributed by atoms with Crippen molar-refractivity contribution < 1.29 is 14.0 Å². The van der Waals surface area contributed by atoms with Crippen molar-refractivity contribution >= 4 is 22.7 Å². The Labute approximate surface area is 192 Å². The normalized spacial score (nSPS) is 11.8. The summed E-state index contributed by atoms with van der Waals surface area (Å²) in [6.07, 6.45) is 0.595. The van der Waals surface area contributed by atoms with E-state index in [4.69, 9.17) is 0 Å². The molecule has 0 saturated heterocycles. The molecule has 4 aromatic rings. The fourth-order valence-electron chi connectivity index (χ4n) is 3.89. The number of rotatable bonds is 8. The number of carbonyl (C=O) groups excluding carboxylic acids is 2. The number of amides is 2. The third-order valence-electron chi connectivity index (χ3n) is 5.61. The summed E-state index contributed by atoms with van der Waals surface area (Å²) in [4.78, 5) is 28.3. The molecule has 5 nitrogen and oxygen atoms in total. The molecule has 6 heteroatoms. The number of fused-ring (bicyclic) bond motifs is 1. The molecule has 0 spiro atoms. The molecule has 1 aromatic heterocycles. The maximum atomic E-state index is 13.9. The fourth-order valence-corrected chi connectivity index (χ4v) is 3.89. The van der Waals surface area contributed by atoms with Crippen LogP contribution in [-0.4, -0.2) is 22.8 Å². The molecule has 2 amide bonds. The van der Waals surface area contributed by atoms with Crippen molar-refractivity contribution in [1.29, 1.82) is 0 Å². The van der Waals surface area contributed by atoms with Crippen LogP contribution in [0.4, 0.5) is 4.39 Å². The number of benzene rings is 3. The molecule has 33 heavy (non-hydrogen) atoms. The molecule has 1 unspecified atom stereocenters. The Bertz CT molecular complexity index is 1250. The van der Waals surface area contributed by atoms with Crippen LogP contribution >= 0.6 is 0 Å². The first-order valence-electron chi connectivity index (χ1n) is 11.0. The number of aromatic amines is 1. The topological polar surface area (TPSA) is 74.0 Å². The summed E-state index contributed by atoms with van der Waals surface area (Å²) in [5.41, 5.74) is 4.53. The highest BCUT2D eigenvalue weighted by Crippen LogP contribution is 2.31. The lowest BCUT2D eigenvalue weighted by molar-refractivity contribution is -0.128. The minimum absolute atomic E-state index is 0.180. The second-order valence-corrected chi connectivity index (χ2v) is 8.03. The van der Waals surface area contributed by atoms with E-state index in [-0.39, 0.29) is 24.1 Å². The van der Waals surface area contributed by atoms with Crippen LogP contribution in [0.2, 0.25) is 0 Å². The summed E-state index contributed by atoms with van der Waals surface area (Å²) in [6, 6.07) is 23.3. The van der Waals surface area contributed by atoms with Gasteiger partial charge in [-0.3, -0.25) is 9.59 Å². The predicted octanol–water partition coefficient (Wildman–Crippen LogP) is 4.73. The molecule has 3 aromatic carbocycles. The van der Waals surface area contributed by atoms with Gasteiger partial charge in [0.05, 0.1) is 0 Å². The van der Waals surface area contributed by atoms with E-state index in [1.807, 2.05) is 60.7 Å². The highest BCUT2D eigenvalue weighted by atomic mass is 19.1. The van der Waals surface area contributed by atoms with Crippen LogP contribution in [0.25, 0.3) is 22.2 Å². The van der Waals surface area contributed by atoms with Gasteiger partial charge in [-0.2, -0.15) is 0 Å². The number of aryl methyl sites for hydroxylation is 1. The Morgan fingerprint density at radius 2 is 1.67 bits per heavy atom. The predicted molar refractivity (Wildman–Crippen MR) is 128 cm³/mol. The molecule has 0 aliphatic heterocycles. The standard InChI is InChI=1S/C27H26FN3O2/c1-18(27(33)29-17-19-8-4-2-5-9-19)30-25(32)15-13-22-23-16-21(28)12-14-24(23)31-26(22)20-10-6-3-7-11-20/h2-12,14,16,18,31H,13,15,17H2,1H3,(H,29,33)(H,30,32). The third kappa shape index (κ3) is 5.47. The van der Waals surface area contributed by atoms with Gasteiger partial charge in [-0.15, -0.1) is 0 Å². The fraction of sp³-hybridized carbons (Fsp3) is 0.185. The molecular formula is C27H26FN3O2. The van der Waals surface area contributed by atoms with Gasteiger partial charge in [0.2, 0.25) is 11.8 Å². The summed E-state index contributed by atoms with van der Waals surface area (Å²) in [5.74, 6) is -0.802. The maximum Gasteiger partial charge on any atom is 0.242 e. The molecule has 168 valence electrons. The molecule has 1 atom stereocenters. The molecule has 3 N–H and O–H groups in total. The van der Waals surface area contributed by atoms with Gasteiger partial charge < -0.3 is 15.6 Å². The van der Waals surface area contributed by atoms with Crippen molar-refractivity contribution in [2.24, 2.45) is 0 Å². The van der Waals surface area contributed by atoms with Crippen LogP contribution in [0.3, 0.4) is 0 Å². The molecule has 0 aliphatic rings. The molecule has 0 bridgehead atoms. The SMILES string of the molecule is CC(NC(=O)CCc1c(-c2ccccc2)[nH]c2ccc(F)cc12)C(=O)NCc1ccccc1. The second-order valence-electron chi connectivity index (χ2n) is 8.03. The van der Waals surface area contributed by atoms with Crippen LogP contribution in [0.15, 0.2) is 78.9 Å². The summed E-state index contributed by atoms with van der Waals surface area (Å²) < 4.78 is 13.9. The van der Waals surface area contributed by atoms with Crippen LogP contribution < -0.4 is 10.6 Å². The van der Waals surface area contributed by atoms with Crippen LogP contribution in [-0.2, 0) is 22.6 Å². The Morgan fingerprint density at radius 3 is 2.39 bits per heavy atom. The zero-order valence-electron chi connectivity index (χ0n) is 18.4. The van der Waals surface area contributed by atoms with E-state index in [1.165, 1.54) is 12.1 Å². The highest BCUT2D eigenvalue weighted by Gasteiger charge is 2.18. The van der Waals surface area contributed by atoms with Gasteiger partial charge in [0, 0.05) is 29.6 Å². The first-order valence-corrected chi connectivity index (χ1v) is 11.0. The van der Waals surface area contributed by atoms with E-state index in [0.29, 0.717) is 13.0 Å². The van der Waals surface area contributed by atoms with Crippen molar-refractivity contribution in [3.05, 3.63) is 95.8 Å². The molecule has 1 heterocycles. The van der Waals surface area contributed by atoms with Gasteiger partial charge >= 0.3 is 0 Å². The van der Waals surface area contributed by atoms with Crippen molar-refractivity contribution in [3.63, 3.8) is 0 Å². The average Bonchev–Trinajstić information content (AvgIpc) is 3.20. The molecule has 0 saturated carbocycles. The van der Waals surface area contributed by atoms with Gasteiger partial charge in [0.1, 0.15) is 11.9 Å². The van der Waals surface area contributed by atoms with E-state index in [1.54, 1.807) is 13.0 Å². The monoisotopic (exact) mass is 443 g/mol. The van der Waals surface area contributed by atoms with Crippen molar-refractivity contribution in [1.82, 2.24) is 15.6 Å². The zero-order valence-corrected chi connectivity index (χ0v) is 18.4. The van der Waals surface area contributed by atoms with Crippen LogP contribution in [0.5, 0.6) is 0 Å². The average molecular weight is 444 g/mol. The Balaban J connectivity index is 1.42. The first-order chi connectivity index (χ1) is 16.0. The number of hydrogen-bond donors (Lipinski definition) is 3. The van der Waals surface area contributed by atoms with Gasteiger partial charge in [-0.05, 0) is 48.2 Å². The molecule has 0 aliphatic carbocycles. The second kappa shape index (κ2) is 10.1. The minimum atomic E-state index is -0.657. The Hall–Kier alpha value is -3.93. The van der Waals surface area contributed by atoms with Crippen molar-refractivity contribution in [2.75, 3.05) is 0 Å². The van der Waals surface area contributed by atoms with Gasteiger partial charge in [0.15, 0.2) is 0 Å². The number of nitrogens with one attached hydrogen (secondary N) is 3. The number of hydrogen-bond acceptors (Lipinski definition) is 2. The van der Waals surface area contributed by atoms with Gasteiger partial charge in [-0.25, -0.2) is 4.39 Å². The molecule has 0 radical (unpaired) electrons. The van der Waals surface area contributed by atoms with E-state index in [0.717, 1.165) is 33.3 Å². The summed E-state index contributed by atoms with van der Waals surface area (Å²) in [5, 5.41) is 6.36. The quantitative estimate of drug-likeness (QED) is 0.368. The number of carbonyl (C=O) groups is 2. The van der Waals surface area contributed by atoms with Crippen molar-refractivity contribution in [2.45, 2.75) is 32.4 Å². The van der Waals surface area contributed by atoms with E-state index in [9.17, 15) is 14.0 Å². The van der Waals surface area contributed by atoms with Crippen LogP contribution in [0.1, 0.15) is 24.5 Å². The van der Waals surface area contributed by atoms with Crippen molar-refractivity contribution in [3.8, 4) is 11.3 Å². The molecular weight excluding hydrogens is 417 g/mol. The lowest BCUT2D eigenvalue weighted by Gasteiger charge is -2.14. The summed E-state index contributed by atoms with van der Waals surface area (Å²) >= 11 is 0. The lowest BCUT2D eigenvalue weighted by Crippen LogP contribution is -2.44. The highest BCUT2D eigenvalue weighted by molar-refractivity contribution is 5.92. The lowest BCUT2D eigenvalue weighted by atomic mass is 10.0. The number of H-pyrrole nitrogens is 1. The molecule has 4 rings (SSSR count). The minimum Gasteiger partial charge on any atom is -0.354 e. The van der Waals surface area contributed by atoms with Gasteiger partial charge in [-0.1, -0.05) is 60.7 Å². The largest absolute Gasteiger partial charge is 0.354 e. The summed E-state index contributed by atoms with van der Waals surface area (Å²) in [7, 11) is 0. The molecule has 0 fully saturated rings. The van der Waals surface area contributed by atoms with E-state index in [2.05, 4.69) is 15.6 Å². The smallest absolute Gasteiger partial charge is 0.242 e. The Morgan fingerprint density at radius 1 is 0.970 bits per heavy atom. The van der Waals surface area contributed by atoms with Crippen LogP contribution in [0, 0.1) is 5.82 Å². The van der Waals surface area contributed by atoms with E-state index >= 15 is 0 Å². The maximum absolute atomic E-state index is 13.9. The number of halogens is 1. The van der Waals surface area contributed by atoms with Gasteiger partial charge in [0.25, 0.3) is 0 Å². The summed E-state index contributed by atoms with van der Waals surface area (Å²) in [6.45, 7) is 2.07.